The van der Waals surface area contributed by atoms with Crippen molar-refractivity contribution in [2.45, 2.75) is 20.4 Å². The van der Waals surface area contributed by atoms with Crippen LogP contribution in [0.25, 0.3) is 0 Å². The maximum atomic E-state index is 13.1. The lowest BCUT2D eigenvalue weighted by molar-refractivity contribution is -0.120. The SMILES string of the molecule is CCOC(=O)c1ccc(N(Cc2ccncc2)C(=O)COc2ccc(Cl)c(C)c2)cc1. The third kappa shape index (κ3) is 6.06. The second kappa shape index (κ2) is 10.6. The summed E-state index contributed by atoms with van der Waals surface area (Å²) in [6.07, 6.45) is 3.35. The fourth-order valence-electron chi connectivity index (χ4n) is 2.92. The number of aryl methyl sites for hydroxylation is 1. The third-order valence-corrected chi connectivity index (χ3v) is 5.00. The van der Waals surface area contributed by atoms with Crippen molar-refractivity contribution in [3.63, 3.8) is 0 Å². The van der Waals surface area contributed by atoms with Crippen LogP contribution in [0.2, 0.25) is 5.02 Å². The maximum absolute atomic E-state index is 13.1. The Labute approximate surface area is 186 Å². The maximum Gasteiger partial charge on any atom is 0.338 e. The van der Waals surface area contributed by atoms with E-state index in [-0.39, 0.29) is 12.5 Å². The molecule has 1 aromatic heterocycles. The van der Waals surface area contributed by atoms with Crippen LogP contribution in [0.3, 0.4) is 0 Å². The van der Waals surface area contributed by atoms with E-state index in [1.807, 2.05) is 19.1 Å². The van der Waals surface area contributed by atoms with Crippen LogP contribution in [0.15, 0.2) is 67.0 Å². The van der Waals surface area contributed by atoms with Crippen LogP contribution in [0, 0.1) is 6.92 Å². The van der Waals surface area contributed by atoms with Gasteiger partial charge >= 0.3 is 5.97 Å². The molecule has 1 heterocycles. The number of carbonyl (C=O) groups excluding carboxylic acids is 2. The van der Waals surface area contributed by atoms with Gasteiger partial charge in [0.2, 0.25) is 0 Å². The van der Waals surface area contributed by atoms with E-state index in [1.54, 1.807) is 66.7 Å². The van der Waals surface area contributed by atoms with E-state index in [0.29, 0.717) is 35.2 Å². The van der Waals surface area contributed by atoms with E-state index in [9.17, 15) is 9.59 Å². The summed E-state index contributed by atoms with van der Waals surface area (Å²) in [7, 11) is 0. The van der Waals surface area contributed by atoms with Crippen molar-refractivity contribution < 1.29 is 19.1 Å². The molecule has 0 saturated heterocycles. The molecule has 1 amide bonds. The number of esters is 1. The Morgan fingerprint density at radius 1 is 1.03 bits per heavy atom. The number of halogens is 1. The molecule has 3 rings (SSSR count). The Morgan fingerprint density at radius 2 is 1.74 bits per heavy atom. The lowest BCUT2D eigenvalue weighted by Gasteiger charge is -2.23. The largest absolute Gasteiger partial charge is 0.484 e. The molecule has 0 unspecified atom stereocenters. The van der Waals surface area contributed by atoms with Crippen molar-refractivity contribution in [2.24, 2.45) is 0 Å². The van der Waals surface area contributed by atoms with E-state index in [1.165, 1.54) is 0 Å². The van der Waals surface area contributed by atoms with Gasteiger partial charge in [0.1, 0.15) is 5.75 Å². The molecule has 0 fully saturated rings. The molecule has 0 radical (unpaired) electrons. The van der Waals surface area contributed by atoms with Crippen molar-refractivity contribution in [2.75, 3.05) is 18.1 Å². The lowest BCUT2D eigenvalue weighted by Crippen LogP contribution is -2.34. The van der Waals surface area contributed by atoms with Crippen molar-refractivity contribution in [3.05, 3.63) is 88.7 Å². The van der Waals surface area contributed by atoms with E-state index in [4.69, 9.17) is 21.1 Å². The predicted molar refractivity (Wildman–Crippen MR) is 120 cm³/mol. The lowest BCUT2D eigenvalue weighted by atomic mass is 10.1. The second-order valence-electron chi connectivity index (χ2n) is 6.80. The Morgan fingerprint density at radius 3 is 2.39 bits per heavy atom. The molecule has 0 N–H and O–H groups in total. The quantitative estimate of drug-likeness (QED) is 0.471. The number of hydrogen-bond donors (Lipinski definition) is 0. The zero-order chi connectivity index (χ0) is 22.2. The summed E-state index contributed by atoms with van der Waals surface area (Å²) in [6.45, 7) is 4.12. The highest BCUT2D eigenvalue weighted by Gasteiger charge is 2.18. The van der Waals surface area contributed by atoms with Gasteiger partial charge in [-0.1, -0.05) is 11.6 Å². The molecule has 0 saturated carbocycles. The molecular formula is C24H23ClN2O4. The number of ether oxygens (including phenoxy) is 2. The minimum atomic E-state index is -0.400. The Kier molecular flexibility index (Phi) is 7.62. The van der Waals surface area contributed by atoms with E-state index < -0.39 is 5.97 Å². The Bertz CT molecular complexity index is 1040. The summed E-state index contributed by atoms with van der Waals surface area (Å²) in [6, 6.07) is 15.7. The fraction of sp³-hybridized carbons (Fsp3) is 0.208. The van der Waals surface area contributed by atoms with Gasteiger partial charge in [-0.05, 0) is 79.6 Å². The summed E-state index contributed by atoms with van der Waals surface area (Å²) < 4.78 is 10.7. The fourth-order valence-corrected chi connectivity index (χ4v) is 3.03. The molecule has 0 bridgehead atoms. The van der Waals surface area contributed by atoms with Gasteiger partial charge in [0.25, 0.3) is 5.91 Å². The zero-order valence-electron chi connectivity index (χ0n) is 17.4. The second-order valence-corrected chi connectivity index (χ2v) is 7.21. The van der Waals surface area contributed by atoms with Crippen molar-refractivity contribution in [1.82, 2.24) is 4.98 Å². The van der Waals surface area contributed by atoms with E-state index in [0.717, 1.165) is 11.1 Å². The smallest absolute Gasteiger partial charge is 0.338 e. The molecule has 0 spiro atoms. The number of pyridine rings is 1. The molecule has 0 aliphatic rings. The van der Waals surface area contributed by atoms with Crippen molar-refractivity contribution in [1.29, 1.82) is 0 Å². The zero-order valence-corrected chi connectivity index (χ0v) is 18.1. The van der Waals surface area contributed by atoms with Crippen LogP contribution < -0.4 is 9.64 Å². The first-order valence-corrected chi connectivity index (χ1v) is 10.2. The van der Waals surface area contributed by atoms with E-state index in [2.05, 4.69) is 4.98 Å². The van der Waals surface area contributed by atoms with Crippen LogP contribution in [-0.2, 0) is 16.1 Å². The molecule has 0 aliphatic carbocycles. The van der Waals surface area contributed by atoms with Gasteiger partial charge in [0.05, 0.1) is 18.7 Å². The number of aromatic nitrogens is 1. The molecule has 0 aliphatic heterocycles. The van der Waals surface area contributed by atoms with Gasteiger partial charge in [-0.25, -0.2) is 4.79 Å². The summed E-state index contributed by atoms with van der Waals surface area (Å²) in [5.41, 5.74) is 2.86. The molecule has 2 aromatic carbocycles. The number of rotatable bonds is 8. The van der Waals surface area contributed by atoms with E-state index >= 15 is 0 Å². The Balaban J connectivity index is 1.79. The highest BCUT2D eigenvalue weighted by Crippen LogP contribution is 2.22. The first kappa shape index (κ1) is 22.3. The number of amides is 1. The van der Waals surface area contributed by atoms with Crippen molar-refractivity contribution in [3.8, 4) is 5.75 Å². The number of hydrogen-bond acceptors (Lipinski definition) is 5. The summed E-state index contributed by atoms with van der Waals surface area (Å²) in [5.74, 6) is -0.0624. The van der Waals surface area contributed by atoms with Crippen LogP contribution in [0.5, 0.6) is 5.75 Å². The molecule has 160 valence electrons. The molecular weight excluding hydrogens is 416 g/mol. The van der Waals surface area contributed by atoms with Gasteiger partial charge in [-0.3, -0.25) is 9.78 Å². The molecule has 3 aromatic rings. The monoisotopic (exact) mass is 438 g/mol. The average Bonchev–Trinajstić information content (AvgIpc) is 2.79. The number of benzene rings is 2. The van der Waals surface area contributed by atoms with Crippen LogP contribution in [0.4, 0.5) is 5.69 Å². The van der Waals surface area contributed by atoms with Gasteiger partial charge < -0.3 is 14.4 Å². The van der Waals surface area contributed by atoms with Gasteiger partial charge in [-0.2, -0.15) is 0 Å². The average molecular weight is 439 g/mol. The Hall–Kier alpha value is -3.38. The minimum absolute atomic E-state index is 0.147. The summed E-state index contributed by atoms with van der Waals surface area (Å²) in [4.78, 5) is 30.6. The van der Waals surface area contributed by atoms with Crippen LogP contribution in [0.1, 0.15) is 28.4 Å². The summed E-state index contributed by atoms with van der Waals surface area (Å²) >= 11 is 6.05. The molecule has 7 heteroatoms. The van der Waals surface area contributed by atoms with Crippen LogP contribution >= 0.6 is 11.6 Å². The first-order valence-electron chi connectivity index (χ1n) is 9.83. The molecule has 0 atom stereocenters. The summed E-state index contributed by atoms with van der Waals surface area (Å²) in [5, 5.41) is 0.639. The topological polar surface area (TPSA) is 68.7 Å². The standard InChI is InChI=1S/C24H23ClN2O4/c1-3-30-24(29)19-4-6-20(7-5-19)27(15-18-10-12-26-13-11-18)23(28)16-31-21-8-9-22(25)17(2)14-21/h4-14H,3,15-16H2,1-2H3. The van der Waals surface area contributed by atoms with Crippen molar-refractivity contribution >= 4 is 29.2 Å². The van der Waals surface area contributed by atoms with Crippen LogP contribution in [-0.4, -0.2) is 30.1 Å². The number of nitrogens with zero attached hydrogens (tertiary/aromatic N) is 2. The van der Waals surface area contributed by atoms with Gasteiger partial charge in [-0.15, -0.1) is 0 Å². The highest BCUT2D eigenvalue weighted by atomic mass is 35.5. The third-order valence-electron chi connectivity index (χ3n) is 4.57. The first-order chi connectivity index (χ1) is 15.0. The predicted octanol–water partition coefficient (Wildman–Crippen LogP) is 4.83. The number of anilines is 1. The minimum Gasteiger partial charge on any atom is -0.484 e. The number of carbonyl (C=O) groups is 2. The normalized spacial score (nSPS) is 10.4. The molecule has 31 heavy (non-hydrogen) atoms. The highest BCUT2D eigenvalue weighted by molar-refractivity contribution is 6.31. The van der Waals surface area contributed by atoms with Gasteiger partial charge in [0.15, 0.2) is 6.61 Å². The van der Waals surface area contributed by atoms with Gasteiger partial charge in [0, 0.05) is 23.1 Å². The molecule has 6 nitrogen and oxygen atoms in total.